The molecule has 3 unspecified atom stereocenters. The number of hydrogen-bond donors (Lipinski definition) is 0. The Morgan fingerprint density at radius 3 is 2.75 bits per heavy atom. The highest BCUT2D eigenvalue weighted by Gasteiger charge is 2.37. The second-order valence-electron chi connectivity index (χ2n) is 4.81. The highest BCUT2D eigenvalue weighted by Crippen LogP contribution is 2.36. The van der Waals surface area contributed by atoms with E-state index in [0.29, 0.717) is 18.1 Å². The van der Waals surface area contributed by atoms with E-state index in [0.717, 1.165) is 0 Å². The molecule has 1 fully saturated rings. The zero-order chi connectivity index (χ0) is 11.5. The fourth-order valence-corrected chi connectivity index (χ4v) is 3.43. The topological polar surface area (TPSA) is 12.5 Å². The van der Waals surface area contributed by atoms with Crippen LogP contribution in [0.25, 0.3) is 0 Å². The lowest BCUT2D eigenvalue weighted by Crippen LogP contribution is -1.99. The van der Waals surface area contributed by atoms with Gasteiger partial charge in [0, 0.05) is 9.75 Å². The van der Waals surface area contributed by atoms with E-state index in [1.165, 1.54) is 35.4 Å². The Kier molecular flexibility index (Phi) is 4.04. The molecule has 1 nitrogen and oxygen atoms in total. The van der Waals surface area contributed by atoms with Crippen LogP contribution in [0, 0.1) is 0 Å². The van der Waals surface area contributed by atoms with Gasteiger partial charge in [-0.25, -0.2) is 0 Å². The van der Waals surface area contributed by atoms with Gasteiger partial charge in [0.15, 0.2) is 0 Å². The van der Waals surface area contributed by atoms with Gasteiger partial charge < -0.3 is 4.74 Å². The first-order valence-corrected chi connectivity index (χ1v) is 7.30. The molecule has 0 spiro atoms. The Morgan fingerprint density at radius 2 is 2.12 bits per heavy atom. The van der Waals surface area contributed by atoms with E-state index >= 15 is 0 Å². The van der Waals surface area contributed by atoms with Gasteiger partial charge in [-0.15, -0.1) is 11.3 Å². The molecule has 0 amide bonds. The van der Waals surface area contributed by atoms with Crippen LogP contribution in [0.5, 0.6) is 0 Å². The summed E-state index contributed by atoms with van der Waals surface area (Å²) in [6.45, 7) is 6.78. The molecule has 1 aromatic heterocycles. The monoisotopic (exact) mass is 238 g/mol. The summed E-state index contributed by atoms with van der Waals surface area (Å²) >= 11 is 1.99. The fraction of sp³-hybridized carbons (Fsp3) is 0.714. The smallest absolute Gasteiger partial charge is 0.0847 e. The van der Waals surface area contributed by atoms with Crippen LogP contribution in [0.2, 0.25) is 0 Å². The largest absolute Gasteiger partial charge is 0.370 e. The van der Waals surface area contributed by atoms with Gasteiger partial charge in [0.1, 0.15) is 0 Å². The van der Waals surface area contributed by atoms with Crippen LogP contribution in [0.4, 0.5) is 0 Å². The minimum absolute atomic E-state index is 0.539. The first-order valence-electron chi connectivity index (χ1n) is 6.48. The molecule has 1 aliphatic rings. The zero-order valence-corrected chi connectivity index (χ0v) is 11.3. The van der Waals surface area contributed by atoms with Crippen molar-refractivity contribution in [1.82, 2.24) is 0 Å². The van der Waals surface area contributed by atoms with Crippen molar-refractivity contribution in [2.24, 2.45) is 0 Å². The van der Waals surface area contributed by atoms with Crippen molar-refractivity contribution in [2.75, 3.05) is 0 Å². The first kappa shape index (κ1) is 12.1. The highest BCUT2D eigenvalue weighted by molar-refractivity contribution is 7.12. The van der Waals surface area contributed by atoms with Gasteiger partial charge >= 0.3 is 0 Å². The molecule has 2 heterocycles. The molecular weight excluding hydrogens is 216 g/mol. The normalized spacial score (nSPS) is 25.7. The average Bonchev–Trinajstić information content (AvgIpc) is 2.85. The average molecular weight is 238 g/mol. The van der Waals surface area contributed by atoms with E-state index in [2.05, 4.69) is 32.9 Å². The summed E-state index contributed by atoms with van der Waals surface area (Å²) in [5, 5.41) is 0. The van der Waals surface area contributed by atoms with E-state index in [1.54, 1.807) is 0 Å². The molecule has 1 aliphatic heterocycles. The summed E-state index contributed by atoms with van der Waals surface area (Å²) in [6, 6.07) is 4.61. The summed E-state index contributed by atoms with van der Waals surface area (Å²) in [5.74, 6) is 0.664. The summed E-state index contributed by atoms with van der Waals surface area (Å²) in [6.07, 6.45) is 5.94. The summed E-state index contributed by atoms with van der Waals surface area (Å²) in [7, 11) is 0. The molecule has 2 heteroatoms. The Labute approximate surface area is 103 Å². The number of epoxide rings is 1. The maximum atomic E-state index is 5.62. The molecule has 3 atom stereocenters. The number of rotatable bonds is 6. The Morgan fingerprint density at radius 1 is 1.31 bits per heavy atom. The Hall–Kier alpha value is -0.340. The van der Waals surface area contributed by atoms with Crippen LogP contribution in [-0.2, 0) is 11.2 Å². The molecule has 0 bridgehead atoms. The van der Waals surface area contributed by atoms with Gasteiger partial charge in [-0.3, -0.25) is 0 Å². The van der Waals surface area contributed by atoms with Gasteiger partial charge in [0.05, 0.1) is 12.2 Å². The molecule has 90 valence electrons. The summed E-state index contributed by atoms with van der Waals surface area (Å²) < 4.78 is 5.62. The van der Waals surface area contributed by atoms with Crippen LogP contribution in [0.15, 0.2) is 12.1 Å². The quantitative estimate of drug-likeness (QED) is 0.670. The standard InChI is InChI=1S/C14H22OS/c1-4-6-11-7-8-14(16-11)10(3)9-13-12(5-2)15-13/h7-8,10,12-13H,4-6,9H2,1-3H3. The SMILES string of the molecule is CCCc1ccc(C(C)CC2OC2CC)s1. The van der Waals surface area contributed by atoms with Crippen LogP contribution in [-0.4, -0.2) is 12.2 Å². The molecule has 0 aliphatic carbocycles. The van der Waals surface area contributed by atoms with Crippen molar-refractivity contribution in [1.29, 1.82) is 0 Å². The molecule has 0 aromatic carbocycles. The van der Waals surface area contributed by atoms with Gasteiger partial charge in [0.2, 0.25) is 0 Å². The van der Waals surface area contributed by atoms with Crippen LogP contribution in [0.1, 0.15) is 55.7 Å². The highest BCUT2D eigenvalue weighted by atomic mass is 32.1. The van der Waals surface area contributed by atoms with Crippen LogP contribution >= 0.6 is 11.3 Å². The third-order valence-electron chi connectivity index (χ3n) is 3.34. The van der Waals surface area contributed by atoms with Crippen molar-refractivity contribution in [3.05, 3.63) is 21.9 Å². The Balaban J connectivity index is 1.85. The number of aryl methyl sites for hydroxylation is 1. The molecule has 1 aromatic rings. The lowest BCUT2D eigenvalue weighted by molar-refractivity contribution is 0.353. The van der Waals surface area contributed by atoms with Gasteiger partial charge in [-0.1, -0.05) is 27.2 Å². The van der Waals surface area contributed by atoms with Gasteiger partial charge in [-0.2, -0.15) is 0 Å². The summed E-state index contributed by atoms with van der Waals surface area (Å²) in [4.78, 5) is 3.07. The number of thiophene rings is 1. The second kappa shape index (κ2) is 5.33. The van der Waals surface area contributed by atoms with E-state index in [1.807, 2.05) is 11.3 Å². The Bertz CT molecular complexity index is 331. The number of ether oxygens (including phenoxy) is 1. The second-order valence-corrected chi connectivity index (χ2v) is 6.01. The zero-order valence-electron chi connectivity index (χ0n) is 10.5. The molecular formula is C14H22OS. The third kappa shape index (κ3) is 2.86. The maximum Gasteiger partial charge on any atom is 0.0847 e. The minimum atomic E-state index is 0.539. The first-order chi connectivity index (χ1) is 7.74. The lowest BCUT2D eigenvalue weighted by Gasteiger charge is -2.06. The third-order valence-corrected chi connectivity index (χ3v) is 4.72. The molecule has 2 rings (SSSR count). The molecule has 0 radical (unpaired) electrons. The van der Waals surface area contributed by atoms with Gasteiger partial charge in [-0.05, 0) is 37.3 Å². The molecule has 0 N–H and O–H groups in total. The molecule has 16 heavy (non-hydrogen) atoms. The van der Waals surface area contributed by atoms with Crippen LogP contribution in [0.3, 0.4) is 0 Å². The fourth-order valence-electron chi connectivity index (χ4n) is 2.25. The van der Waals surface area contributed by atoms with E-state index < -0.39 is 0 Å². The van der Waals surface area contributed by atoms with E-state index in [4.69, 9.17) is 4.74 Å². The van der Waals surface area contributed by atoms with Crippen molar-refractivity contribution >= 4 is 11.3 Å². The van der Waals surface area contributed by atoms with Crippen molar-refractivity contribution in [2.45, 2.75) is 64.6 Å². The van der Waals surface area contributed by atoms with Crippen molar-refractivity contribution in [3.8, 4) is 0 Å². The molecule has 1 saturated heterocycles. The predicted octanol–water partition coefficient (Wildman–Crippen LogP) is 4.37. The molecule has 0 saturated carbocycles. The maximum absolute atomic E-state index is 5.62. The van der Waals surface area contributed by atoms with Crippen molar-refractivity contribution < 1.29 is 4.74 Å². The van der Waals surface area contributed by atoms with E-state index in [9.17, 15) is 0 Å². The minimum Gasteiger partial charge on any atom is -0.370 e. The van der Waals surface area contributed by atoms with Crippen LogP contribution < -0.4 is 0 Å². The predicted molar refractivity (Wildman–Crippen MR) is 70.3 cm³/mol. The lowest BCUT2D eigenvalue weighted by atomic mass is 10.0. The van der Waals surface area contributed by atoms with E-state index in [-0.39, 0.29) is 0 Å². The summed E-state index contributed by atoms with van der Waals surface area (Å²) in [5.41, 5.74) is 0. The van der Waals surface area contributed by atoms with Gasteiger partial charge in [0.25, 0.3) is 0 Å². The number of hydrogen-bond acceptors (Lipinski definition) is 2. The van der Waals surface area contributed by atoms with Crippen molar-refractivity contribution in [3.63, 3.8) is 0 Å².